The van der Waals surface area contributed by atoms with Crippen molar-refractivity contribution < 1.29 is 9.59 Å². The molecule has 1 fully saturated rings. The molecule has 2 amide bonds. The molecule has 0 atom stereocenters. The molecule has 1 aromatic rings. The average Bonchev–Trinajstić information content (AvgIpc) is 2.28. The number of carbonyl (C=O) groups excluding carboxylic acids is 2. The van der Waals surface area contributed by atoms with E-state index in [-0.39, 0.29) is 30.9 Å². The van der Waals surface area contributed by atoms with Gasteiger partial charge in [0.25, 0.3) is 0 Å². The van der Waals surface area contributed by atoms with E-state index >= 15 is 0 Å². The molecule has 16 heavy (non-hydrogen) atoms. The van der Waals surface area contributed by atoms with Crippen molar-refractivity contribution in [2.24, 2.45) is 5.84 Å². The molecule has 0 unspecified atom stereocenters. The number of hydrogen-bond acceptors (Lipinski definition) is 7. The number of hydrogen-bond donors (Lipinski definition) is 3. The lowest BCUT2D eigenvalue weighted by atomic mass is 10.3. The van der Waals surface area contributed by atoms with Crippen LogP contribution < -0.4 is 21.5 Å². The minimum atomic E-state index is -0.350. The zero-order chi connectivity index (χ0) is 11.5. The van der Waals surface area contributed by atoms with E-state index in [0.717, 1.165) is 0 Å². The molecule has 0 aliphatic carbocycles. The standard InChI is InChI=1S/C8H10N6O2/c9-13-8-10-2-1-5(11-8)14-3-6(15)12-7(16)4-14/h1-2H,3-4,9H2,(H,10,11,13)(H,12,15,16). The van der Waals surface area contributed by atoms with Gasteiger partial charge in [-0.3, -0.25) is 20.3 Å². The first-order valence-corrected chi connectivity index (χ1v) is 4.56. The van der Waals surface area contributed by atoms with Crippen molar-refractivity contribution >= 4 is 23.6 Å². The van der Waals surface area contributed by atoms with E-state index in [1.807, 2.05) is 0 Å². The van der Waals surface area contributed by atoms with Gasteiger partial charge in [-0.05, 0) is 6.07 Å². The second-order valence-corrected chi connectivity index (χ2v) is 3.21. The number of amides is 2. The number of imide groups is 1. The fourth-order valence-electron chi connectivity index (χ4n) is 1.39. The van der Waals surface area contributed by atoms with Crippen LogP contribution in [0.15, 0.2) is 12.3 Å². The smallest absolute Gasteiger partial charge is 0.246 e. The average molecular weight is 222 g/mol. The van der Waals surface area contributed by atoms with Gasteiger partial charge in [0.05, 0.1) is 13.1 Å². The number of rotatable bonds is 2. The van der Waals surface area contributed by atoms with Gasteiger partial charge in [-0.25, -0.2) is 10.8 Å². The first-order valence-electron chi connectivity index (χ1n) is 4.56. The lowest BCUT2D eigenvalue weighted by Crippen LogP contribution is -2.51. The SMILES string of the molecule is NNc1nccc(N2CC(=O)NC(=O)C2)n1. The van der Waals surface area contributed by atoms with Crippen molar-refractivity contribution in [1.82, 2.24) is 15.3 Å². The summed E-state index contributed by atoms with van der Waals surface area (Å²) in [6.07, 6.45) is 1.49. The van der Waals surface area contributed by atoms with Crippen LogP contribution in [0.3, 0.4) is 0 Å². The Bertz CT molecular complexity index is 418. The molecule has 1 aliphatic rings. The van der Waals surface area contributed by atoms with E-state index < -0.39 is 0 Å². The monoisotopic (exact) mass is 222 g/mol. The van der Waals surface area contributed by atoms with Gasteiger partial charge in [0.1, 0.15) is 5.82 Å². The van der Waals surface area contributed by atoms with E-state index in [9.17, 15) is 9.59 Å². The Hall–Kier alpha value is -2.22. The number of nitrogens with two attached hydrogens (primary N) is 1. The summed E-state index contributed by atoms with van der Waals surface area (Å²) in [7, 11) is 0. The van der Waals surface area contributed by atoms with Crippen molar-refractivity contribution in [1.29, 1.82) is 0 Å². The fourth-order valence-corrected chi connectivity index (χ4v) is 1.39. The molecule has 2 rings (SSSR count). The topological polar surface area (TPSA) is 113 Å². The molecule has 0 aromatic carbocycles. The summed E-state index contributed by atoms with van der Waals surface area (Å²) in [5.41, 5.74) is 2.29. The van der Waals surface area contributed by atoms with E-state index in [0.29, 0.717) is 5.82 Å². The highest BCUT2D eigenvalue weighted by Crippen LogP contribution is 2.12. The highest BCUT2D eigenvalue weighted by molar-refractivity contribution is 6.02. The van der Waals surface area contributed by atoms with Crippen molar-refractivity contribution in [2.75, 3.05) is 23.4 Å². The Kier molecular flexibility index (Phi) is 2.64. The summed E-state index contributed by atoms with van der Waals surface area (Å²) in [5, 5.41) is 2.20. The van der Waals surface area contributed by atoms with Crippen molar-refractivity contribution in [2.45, 2.75) is 0 Å². The third-order valence-corrected chi connectivity index (χ3v) is 2.04. The largest absolute Gasteiger partial charge is 0.338 e. The Morgan fingerprint density at radius 3 is 2.69 bits per heavy atom. The number of aromatic nitrogens is 2. The number of nitrogens with zero attached hydrogens (tertiary/aromatic N) is 3. The Morgan fingerprint density at radius 2 is 2.06 bits per heavy atom. The van der Waals surface area contributed by atoms with Crippen LogP contribution in [0.25, 0.3) is 0 Å². The maximum Gasteiger partial charge on any atom is 0.246 e. The molecular formula is C8H10N6O2. The molecule has 0 saturated carbocycles. The maximum atomic E-state index is 11.2. The number of nitrogens with one attached hydrogen (secondary N) is 2. The van der Waals surface area contributed by atoms with E-state index in [1.165, 1.54) is 6.20 Å². The fraction of sp³-hybridized carbons (Fsp3) is 0.250. The second kappa shape index (κ2) is 4.11. The maximum absolute atomic E-state index is 11.2. The highest BCUT2D eigenvalue weighted by atomic mass is 16.2. The minimum Gasteiger partial charge on any atom is -0.338 e. The molecule has 84 valence electrons. The van der Waals surface area contributed by atoms with Gasteiger partial charge >= 0.3 is 0 Å². The van der Waals surface area contributed by atoms with Crippen molar-refractivity contribution in [3.8, 4) is 0 Å². The first-order chi connectivity index (χ1) is 7.69. The van der Waals surface area contributed by atoms with Crippen LogP contribution in [0.4, 0.5) is 11.8 Å². The third-order valence-electron chi connectivity index (χ3n) is 2.04. The van der Waals surface area contributed by atoms with Gasteiger partial charge in [-0.1, -0.05) is 0 Å². The molecule has 1 saturated heterocycles. The van der Waals surface area contributed by atoms with Crippen LogP contribution >= 0.6 is 0 Å². The van der Waals surface area contributed by atoms with Gasteiger partial charge in [0.15, 0.2) is 0 Å². The van der Waals surface area contributed by atoms with Crippen LogP contribution in [0.2, 0.25) is 0 Å². The zero-order valence-electron chi connectivity index (χ0n) is 8.30. The van der Waals surface area contributed by atoms with Gasteiger partial charge < -0.3 is 4.90 Å². The van der Waals surface area contributed by atoms with Gasteiger partial charge in [0.2, 0.25) is 17.8 Å². The molecule has 1 aliphatic heterocycles. The van der Waals surface area contributed by atoms with E-state index in [1.54, 1.807) is 11.0 Å². The lowest BCUT2D eigenvalue weighted by molar-refractivity contribution is -0.130. The highest BCUT2D eigenvalue weighted by Gasteiger charge is 2.23. The molecule has 0 spiro atoms. The summed E-state index contributed by atoms with van der Waals surface area (Å²) in [5.74, 6) is 5.17. The summed E-state index contributed by atoms with van der Waals surface area (Å²) in [6, 6.07) is 1.60. The van der Waals surface area contributed by atoms with Gasteiger partial charge in [-0.15, -0.1) is 0 Å². The summed E-state index contributed by atoms with van der Waals surface area (Å²) in [4.78, 5) is 31.7. The van der Waals surface area contributed by atoms with Crippen LogP contribution in [0, 0.1) is 0 Å². The molecular weight excluding hydrogens is 212 g/mol. The Morgan fingerprint density at radius 1 is 1.38 bits per heavy atom. The molecule has 8 heteroatoms. The number of hydrazine groups is 1. The Balaban J connectivity index is 2.22. The van der Waals surface area contributed by atoms with Crippen LogP contribution in [0.5, 0.6) is 0 Å². The first kappa shape index (κ1) is 10.3. The summed E-state index contributed by atoms with van der Waals surface area (Å²) < 4.78 is 0. The normalized spacial score (nSPS) is 15.9. The summed E-state index contributed by atoms with van der Waals surface area (Å²) in [6.45, 7) is 0.180. The molecule has 0 radical (unpaired) electrons. The molecule has 1 aromatic heterocycles. The third kappa shape index (κ3) is 2.06. The molecule has 0 bridgehead atoms. The van der Waals surface area contributed by atoms with Crippen molar-refractivity contribution in [3.63, 3.8) is 0 Å². The van der Waals surface area contributed by atoms with Crippen LogP contribution in [-0.2, 0) is 9.59 Å². The van der Waals surface area contributed by atoms with Crippen LogP contribution in [-0.4, -0.2) is 34.9 Å². The molecule has 8 nitrogen and oxygen atoms in total. The lowest BCUT2D eigenvalue weighted by Gasteiger charge is -2.26. The zero-order valence-corrected chi connectivity index (χ0v) is 8.30. The second-order valence-electron chi connectivity index (χ2n) is 3.21. The summed E-state index contributed by atoms with van der Waals surface area (Å²) >= 11 is 0. The molecule has 4 N–H and O–H groups in total. The van der Waals surface area contributed by atoms with E-state index in [2.05, 4.69) is 20.7 Å². The molecule has 2 heterocycles. The number of piperazine rings is 1. The predicted octanol–water partition coefficient (Wildman–Crippen LogP) is -1.77. The van der Waals surface area contributed by atoms with Gasteiger partial charge in [-0.2, -0.15) is 4.98 Å². The van der Waals surface area contributed by atoms with E-state index in [4.69, 9.17) is 5.84 Å². The quantitative estimate of drug-likeness (QED) is 0.308. The minimum absolute atomic E-state index is 0.0900. The van der Waals surface area contributed by atoms with Crippen molar-refractivity contribution in [3.05, 3.63) is 12.3 Å². The number of anilines is 2. The van der Waals surface area contributed by atoms with Crippen LogP contribution in [0.1, 0.15) is 0 Å². The number of carbonyl (C=O) groups is 2. The number of nitrogen functional groups attached to an aromatic ring is 1. The predicted molar refractivity (Wildman–Crippen MR) is 55.2 cm³/mol. The Labute approximate surface area is 90.8 Å². The van der Waals surface area contributed by atoms with Gasteiger partial charge in [0, 0.05) is 6.20 Å².